The predicted molar refractivity (Wildman–Crippen MR) is 109 cm³/mol. The minimum absolute atomic E-state index is 0.0602. The average molecular weight is 442 g/mol. The standard InChI is InChI=1S/C19H24BrNO4S/c1-11(2)9-17(23)26-10-16(22)21(14(5)19(24)25-6)18-12(3)7-8-15(20)13(18)4/h7-9,14H,10H2,1-6H3/t14-/m0/s1. The molecular weight excluding hydrogens is 418 g/mol. The van der Waals surface area contributed by atoms with Crippen LogP contribution in [0.15, 0.2) is 28.3 Å². The number of aryl methyl sites for hydroxylation is 1. The van der Waals surface area contributed by atoms with Gasteiger partial charge in [-0.3, -0.25) is 14.5 Å². The van der Waals surface area contributed by atoms with Gasteiger partial charge in [0.25, 0.3) is 0 Å². The number of allylic oxidation sites excluding steroid dienone is 1. The minimum atomic E-state index is -0.807. The molecule has 1 aromatic rings. The Morgan fingerprint density at radius 1 is 1.27 bits per heavy atom. The topological polar surface area (TPSA) is 63.7 Å². The molecule has 1 rings (SSSR count). The van der Waals surface area contributed by atoms with E-state index in [9.17, 15) is 14.4 Å². The van der Waals surface area contributed by atoms with Crippen LogP contribution in [0.3, 0.4) is 0 Å². The third-order valence-corrected chi connectivity index (χ3v) is 5.40. The van der Waals surface area contributed by atoms with E-state index in [4.69, 9.17) is 4.74 Å². The maximum Gasteiger partial charge on any atom is 0.328 e. The maximum atomic E-state index is 12.9. The van der Waals surface area contributed by atoms with Gasteiger partial charge in [0.2, 0.25) is 11.0 Å². The van der Waals surface area contributed by atoms with Gasteiger partial charge in [-0.15, -0.1) is 0 Å². The molecule has 0 aliphatic rings. The van der Waals surface area contributed by atoms with E-state index in [0.717, 1.165) is 32.9 Å². The number of methoxy groups -OCH3 is 1. The van der Waals surface area contributed by atoms with Crippen LogP contribution in [-0.2, 0) is 19.1 Å². The van der Waals surface area contributed by atoms with E-state index in [1.807, 2.05) is 39.8 Å². The number of thioether (sulfide) groups is 1. The van der Waals surface area contributed by atoms with Crippen LogP contribution < -0.4 is 4.90 Å². The van der Waals surface area contributed by atoms with Gasteiger partial charge in [0.1, 0.15) is 6.04 Å². The summed E-state index contributed by atoms with van der Waals surface area (Å²) in [7, 11) is 1.29. The van der Waals surface area contributed by atoms with Crippen molar-refractivity contribution in [2.75, 3.05) is 17.8 Å². The Kier molecular flexibility index (Phi) is 8.56. The Labute approximate surface area is 167 Å². The molecule has 0 saturated heterocycles. The van der Waals surface area contributed by atoms with Crippen molar-refractivity contribution in [2.45, 2.75) is 40.7 Å². The zero-order valence-electron chi connectivity index (χ0n) is 15.9. The van der Waals surface area contributed by atoms with Crippen molar-refractivity contribution in [3.05, 3.63) is 39.4 Å². The molecule has 1 atom stereocenters. The van der Waals surface area contributed by atoms with Gasteiger partial charge in [0.05, 0.1) is 18.6 Å². The van der Waals surface area contributed by atoms with E-state index < -0.39 is 12.0 Å². The number of benzene rings is 1. The number of anilines is 1. The number of hydrogen-bond acceptors (Lipinski definition) is 5. The van der Waals surface area contributed by atoms with Gasteiger partial charge < -0.3 is 4.74 Å². The number of rotatable bonds is 6. The summed E-state index contributed by atoms with van der Waals surface area (Å²) in [6.45, 7) is 9.01. The number of esters is 1. The molecule has 0 saturated carbocycles. The molecule has 0 heterocycles. The van der Waals surface area contributed by atoms with E-state index in [0.29, 0.717) is 5.69 Å². The van der Waals surface area contributed by atoms with Crippen molar-refractivity contribution in [3.8, 4) is 0 Å². The average Bonchev–Trinajstić information content (AvgIpc) is 2.58. The Morgan fingerprint density at radius 2 is 1.88 bits per heavy atom. The number of halogens is 1. The SMILES string of the molecule is COC(=O)[C@H](C)N(C(=O)CSC(=O)C=C(C)C)c1c(C)ccc(Br)c1C. The van der Waals surface area contributed by atoms with E-state index in [-0.39, 0.29) is 16.8 Å². The molecule has 142 valence electrons. The summed E-state index contributed by atoms with van der Waals surface area (Å²) in [6.07, 6.45) is 1.49. The molecule has 1 amide bonds. The number of carbonyl (C=O) groups is 3. The second kappa shape index (κ2) is 9.92. The molecule has 0 aliphatic heterocycles. The number of ether oxygens (including phenoxy) is 1. The first-order chi connectivity index (χ1) is 12.1. The van der Waals surface area contributed by atoms with Crippen LogP contribution in [0.2, 0.25) is 0 Å². The molecule has 7 heteroatoms. The van der Waals surface area contributed by atoms with Crippen LogP contribution in [0.25, 0.3) is 0 Å². The van der Waals surface area contributed by atoms with Crippen LogP contribution in [-0.4, -0.2) is 35.9 Å². The Hall–Kier alpha value is -1.60. The van der Waals surface area contributed by atoms with Crippen LogP contribution >= 0.6 is 27.7 Å². The van der Waals surface area contributed by atoms with Gasteiger partial charge in [0, 0.05) is 4.47 Å². The summed E-state index contributed by atoms with van der Waals surface area (Å²) in [5.74, 6) is -0.902. The lowest BCUT2D eigenvalue weighted by Gasteiger charge is -2.30. The molecular formula is C19H24BrNO4S. The zero-order valence-corrected chi connectivity index (χ0v) is 18.3. The second-order valence-corrected chi connectivity index (χ2v) is 7.96. The highest BCUT2D eigenvalue weighted by Gasteiger charge is 2.30. The smallest absolute Gasteiger partial charge is 0.328 e. The van der Waals surface area contributed by atoms with Crippen LogP contribution in [0, 0.1) is 13.8 Å². The van der Waals surface area contributed by atoms with Crippen LogP contribution in [0.5, 0.6) is 0 Å². The first-order valence-corrected chi connectivity index (χ1v) is 9.85. The summed E-state index contributed by atoms with van der Waals surface area (Å²) in [6, 6.07) is 2.96. The van der Waals surface area contributed by atoms with E-state index in [2.05, 4.69) is 15.9 Å². The highest BCUT2D eigenvalue weighted by molar-refractivity contribution is 9.10. The fourth-order valence-corrected chi connectivity index (χ4v) is 3.52. The molecule has 1 aromatic carbocycles. The van der Waals surface area contributed by atoms with Crippen LogP contribution in [0.1, 0.15) is 31.9 Å². The molecule has 0 fully saturated rings. The molecule has 0 radical (unpaired) electrons. The molecule has 0 aromatic heterocycles. The van der Waals surface area contributed by atoms with Crippen molar-refractivity contribution in [1.82, 2.24) is 0 Å². The number of amides is 1. The summed E-state index contributed by atoms with van der Waals surface area (Å²) < 4.78 is 5.66. The quantitative estimate of drug-likeness (QED) is 0.489. The van der Waals surface area contributed by atoms with Gasteiger partial charge >= 0.3 is 5.97 Å². The van der Waals surface area contributed by atoms with Crippen molar-refractivity contribution in [3.63, 3.8) is 0 Å². The van der Waals surface area contributed by atoms with Crippen LogP contribution in [0.4, 0.5) is 5.69 Å². The molecule has 0 unspecified atom stereocenters. The van der Waals surface area contributed by atoms with Gasteiger partial charge in [-0.25, -0.2) is 4.79 Å². The van der Waals surface area contributed by atoms with Crippen molar-refractivity contribution < 1.29 is 19.1 Å². The fraction of sp³-hybridized carbons (Fsp3) is 0.421. The lowest BCUT2D eigenvalue weighted by atomic mass is 10.1. The van der Waals surface area contributed by atoms with Gasteiger partial charge in [-0.1, -0.05) is 39.3 Å². The van der Waals surface area contributed by atoms with E-state index in [1.54, 1.807) is 6.92 Å². The largest absolute Gasteiger partial charge is 0.467 e. The molecule has 0 bridgehead atoms. The number of carbonyl (C=O) groups excluding carboxylic acids is 3. The Bertz CT molecular complexity index is 741. The lowest BCUT2D eigenvalue weighted by Crippen LogP contribution is -2.45. The second-order valence-electron chi connectivity index (χ2n) is 6.13. The van der Waals surface area contributed by atoms with E-state index >= 15 is 0 Å². The molecule has 5 nitrogen and oxygen atoms in total. The third-order valence-electron chi connectivity index (χ3n) is 3.75. The van der Waals surface area contributed by atoms with Crippen molar-refractivity contribution in [2.24, 2.45) is 0 Å². The number of hydrogen-bond donors (Lipinski definition) is 0. The maximum absolute atomic E-state index is 12.9. The van der Waals surface area contributed by atoms with Gasteiger partial charge in [0.15, 0.2) is 0 Å². The molecule has 0 N–H and O–H groups in total. The highest BCUT2D eigenvalue weighted by atomic mass is 79.9. The molecule has 0 aliphatic carbocycles. The summed E-state index contributed by atoms with van der Waals surface area (Å²) >= 11 is 4.39. The summed E-state index contributed by atoms with van der Waals surface area (Å²) in [5, 5.41) is -0.188. The van der Waals surface area contributed by atoms with Crippen molar-refractivity contribution in [1.29, 1.82) is 0 Å². The minimum Gasteiger partial charge on any atom is -0.467 e. The number of nitrogens with zero attached hydrogens (tertiary/aromatic N) is 1. The van der Waals surface area contributed by atoms with Gasteiger partial charge in [-0.2, -0.15) is 0 Å². The lowest BCUT2D eigenvalue weighted by molar-refractivity contribution is -0.142. The Morgan fingerprint density at radius 3 is 2.42 bits per heavy atom. The summed E-state index contributed by atoms with van der Waals surface area (Å²) in [5.41, 5.74) is 3.22. The normalized spacial score (nSPS) is 11.5. The monoisotopic (exact) mass is 441 g/mol. The summed E-state index contributed by atoms with van der Waals surface area (Å²) in [4.78, 5) is 38.3. The fourth-order valence-electron chi connectivity index (χ4n) is 2.47. The molecule has 0 spiro atoms. The first-order valence-electron chi connectivity index (χ1n) is 8.07. The first kappa shape index (κ1) is 22.4. The van der Waals surface area contributed by atoms with Gasteiger partial charge in [-0.05, 0) is 57.9 Å². The molecule has 26 heavy (non-hydrogen) atoms. The highest BCUT2D eigenvalue weighted by Crippen LogP contribution is 2.32. The third kappa shape index (κ3) is 5.71. The zero-order chi connectivity index (χ0) is 20.0. The Balaban J connectivity index is 3.25. The van der Waals surface area contributed by atoms with E-state index in [1.165, 1.54) is 18.1 Å². The van der Waals surface area contributed by atoms with Crippen molar-refractivity contribution >= 4 is 50.4 Å². The predicted octanol–water partition coefficient (Wildman–Crippen LogP) is 4.19.